The van der Waals surface area contributed by atoms with E-state index in [0.717, 1.165) is 44.0 Å². The Morgan fingerprint density at radius 1 is 1.40 bits per heavy atom. The SMILES string of the molecule is Cc1cccc(OCC(=O)NCCN2CCNCC2)c1. The molecule has 0 unspecified atom stereocenters. The average molecular weight is 277 g/mol. The van der Waals surface area contributed by atoms with Gasteiger partial charge in [0.1, 0.15) is 5.75 Å². The molecule has 1 aliphatic heterocycles. The Hall–Kier alpha value is -1.59. The fourth-order valence-electron chi connectivity index (χ4n) is 2.19. The van der Waals surface area contributed by atoms with E-state index >= 15 is 0 Å². The minimum atomic E-state index is -0.0679. The predicted molar refractivity (Wildman–Crippen MR) is 79.0 cm³/mol. The van der Waals surface area contributed by atoms with Crippen LogP contribution in [0.5, 0.6) is 5.75 Å². The van der Waals surface area contributed by atoms with Crippen LogP contribution >= 0.6 is 0 Å². The Morgan fingerprint density at radius 3 is 2.95 bits per heavy atom. The van der Waals surface area contributed by atoms with Gasteiger partial charge in [0.2, 0.25) is 0 Å². The summed E-state index contributed by atoms with van der Waals surface area (Å²) in [7, 11) is 0. The van der Waals surface area contributed by atoms with Gasteiger partial charge in [-0.05, 0) is 24.6 Å². The smallest absolute Gasteiger partial charge is 0.257 e. The van der Waals surface area contributed by atoms with E-state index in [1.165, 1.54) is 0 Å². The van der Waals surface area contributed by atoms with Gasteiger partial charge in [0.15, 0.2) is 6.61 Å². The molecule has 0 aromatic heterocycles. The summed E-state index contributed by atoms with van der Waals surface area (Å²) in [6.07, 6.45) is 0. The highest BCUT2D eigenvalue weighted by molar-refractivity contribution is 5.77. The van der Waals surface area contributed by atoms with Crippen molar-refractivity contribution >= 4 is 5.91 Å². The van der Waals surface area contributed by atoms with Crippen molar-refractivity contribution in [2.75, 3.05) is 45.9 Å². The first kappa shape index (κ1) is 14.8. The third-order valence-electron chi connectivity index (χ3n) is 3.32. The summed E-state index contributed by atoms with van der Waals surface area (Å²) >= 11 is 0. The maximum Gasteiger partial charge on any atom is 0.257 e. The molecule has 110 valence electrons. The maximum absolute atomic E-state index is 11.7. The van der Waals surface area contributed by atoms with E-state index in [2.05, 4.69) is 15.5 Å². The van der Waals surface area contributed by atoms with Gasteiger partial charge in [-0.15, -0.1) is 0 Å². The van der Waals surface area contributed by atoms with E-state index in [9.17, 15) is 4.79 Å². The van der Waals surface area contributed by atoms with Gasteiger partial charge in [-0.25, -0.2) is 0 Å². The zero-order valence-electron chi connectivity index (χ0n) is 12.0. The molecule has 1 heterocycles. The van der Waals surface area contributed by atoms with Crippen LogP contribution in [0, 0.1) is 6.92 Å². The molecule has 20 heavy (non-hydrogen) atoms. The Kier molecular flexibility index (Phi) is 5.83. The van der Waals surface area contributed by atoms with Crippen LogP contribution in [0.1, 0.15) is 5.56 Å². The topological polar surface area (TPSA) is 53.6 Å². The molecule has 0 aliphatic carbocycles. The monoisotopic (exact) mass is 277 g/mol. The molecule has 2 N–H and O–H groups in total. The molecule has 1 saturated heterocycles. The minimum Gasteiger partial charge on any atom is -0.484 e. The highest BCUT2D eigenvalue weighted by atomic mass is 16.5. The second-order valence-electron chi connectivity index (χ2n) is 5.05. The Bertz CT molecular complexity index is 431. The van der Waals surface area contributed by atoms with Gasteiger partial charge in [0.25, 0.3) is 5.91 Å². The lowest BCUT2D eigenvalue weighted by molar-refractivity contribution is -0.123. The van der Waals surface area contributed by atoms with Crippen LogP contribution in [-0.4, -0.2) is 56.7 Å². The number of amides is 1. The molecular formula is C15H23N3O2. The lowest BCUT2D eigenvalue weighted by Gasteiger charge is -2.27. The van der Waals surface area contributed by atoms with Gasteiger partial charge < -0.3 is 15.4 Å². The average Bonchev–Trinajstić information content (AvgIpc) is 2.46. The van der Waals surface area contributed by atoms with E-state index in [0.29, 0.717) is 6.54 Å². The Balaban J connectivity index is 1.60. The summed E-state index contributed by atoms with van der Waals surface area (Å²) in [5, 5.41) is 6.20. The maximum atomic E-state index is 11.7. The van der Waals surface area contributed by atoms with E-state index < -0.39 is 0 Å². The number of carbonyl (C=O) groups excluding carboxylic acids is 1. The molecule has 1 fully saturated rings. The summed E-state index contributed by atoms with van der Waals surface area (Å²) in [6.45, 7) is 7.82. The van der Waals surface area contributed by atoms with Crippen LogP contribution in [0.2, 0.25) is 0 Å². The number of nitrogens with zero attached hydrogens (tertiary/aromatic N) is 1. The van der Waals surface area contributed by atoms with Crippen molar-refractivity contribution in [2.24, 2.45) is 0 Å². The lowest BCUT2D eigenvalue weighted by Crippen LogP contribution is -2.46. The van der Waals surface area contributed by atoms with Crippen LogP contribution < -0.4 is 15.4 Å². The summed E-state index contributed by atoms with van der Waals surface area (Å²) in [5.74, 6) is 0.670. The Morgan fingerprint density at radius 2 is 2.20 bits per heavy atom. The first-order valence-corrected chi connectivity index (χ1v) is 7.13. The van der Waals surface area contributed by atoms with E-state index in [1.54, 1.807) is 0 Å². The largest absolute Gasteiger partial charge is 0.484 e. The van der Waals surface area contributed by atoms with Crippen molar-refractivity contribution in [3.63, 3.8) is 0 Å². The number of rotatable bonds is 6. The van der Waals surface area contributed by atoms with Crippen LogP contribution in [0.25, 0.3) is 0 Å². The molecule has 0 bridgehead atoms. The Labute approximate surface area is 120 Å². The summed E-state index contributed by atoms with van der Waals surface area (Å²) in [5.41, 5.74) is 1.13. The van der Waals surface area contributed by atoms with Crippen molar-refractivity contribution in [1.29, 1.82) is 0 Å². The summed E-state index contributed by atoms with van der Waals surface area (Å²) in [6, 6.07) is 7.71. The number of nitrogens with one attached hydrogen (secondary N) is 2. The van der Waals surface area contributed by atoms with Crippen molar-refractivity contribution in [3.8, 4) is 5.75 Å². The number of hydrogen-bond donors (Lipinski definition) is 2. The molecule has 1 amide bonds. The van der Waals surface area contributed by atoms with Gasteiger partial charge in [0.05, 0.1) is 0 Å². The molecule has 0 atom stereocenters. The van der Waals surface area contributed by atoms with Crippen molar-refractivity contribution in [3.05, 3.63) is 29.8 Å². The first-order chi connectivity index (χ1) is 9.74. The van der Waals surface area contributed by atoms with Gasteiger partial charge in [-0.2, -0.15) is 0 Å². The zero-order chi connectivity index (χ0) is 14.2. The molecule has 0 radical (unpaired) electrons. The van der Waals surface area contributed by atoms with E-state index in [1.807, 2.05) is 31.2 Å². The fourth-order valence-corrected chi connectivity index (χ4v) is 2.19. The molecule has 5 nitrogen and oxygen atoms in total. The molecule has 5 heteroatoms. The zero-order valence-corrected chi connectivity index (χ0v) is 12.0. The second-order valence-corrected chi connectivity index (χ2v) is 5.05. The third kappa shape index (κ3) is 5.19. The standard InChI is InChI=1S/C15H23N3O2/c1-13-3-2-4-14(11-13)20-12-15(19)17-7-10-18-8-5-16-6-9-18/h2-4,11,16H,5-10,12H2,1H3,(H,17,19). The van der Waals surface area contributed by atoms with Crippen molar-refractivity contribution in [2.45, 2.75) is 6.92 Å². The van der Waals surface area contributed by atoms with Crippen LogP contribution in [0.15, 0.2) is 24.3 Å². The van der Waals surface area contributed by atoms with Gasteiger partial charge in [-0.3, -0.25) is 9.69 Å². The summed E-state index contributed by atoms with van der Waals surface area (Å²) in [4.78, 5) is 14.0. The fraction of sp³-hybridized carbons (Fsp3) is 0.533. The molecule has 1 aromatic carbocycles. The van der Waals surface area contributed by atoms with E-state index in [4.69, 9.17) is 4.74 Å². The number of carbonyl (C=O) groups is 1. The number of aryl methyl sites for hydroxylation is 1. The van der Waals surface area contributed by atoms with Crippen LogP contribution in [0.3, 0.4) is 0 Å². The number of hydrogen-bond acceptors (Lipinski definition) is 4. The van der Waals surface area contributed by atoms with Crippen molar-refractivity contribution < 1.29 is 9.53 Å². The van der Waals surface area contributed by atoms with E-state index in [-0.39, 0.29) is 12.5 Å². The molecular weight excluding hydrogens is 254 g/mol. The molecule has 0 saturated carbocycles. The van der Waals surface area contributed by atoms with Crippen molar-refractivity contribution in [1.82, 2.24) is 15.5 Å². The molecule has 2 rings (SSSR count). The predicted octanol–water partition coefficient (Wildman–Crippen LogP) is 0.395. The van der Waals surface area contributed by atoms with Crippen LogP contribution in [-0.2, 0) is 4.79 Å². The number of ether oxygens (including phenoxy) is 1. The van der Waals surface area contributed by atoms with Gasteiger partial charge in [0, 0.05) is 39.3 Å². The highest BCUT2D eigenvalue weighted by Gasteiger charge is 2.09. The molecule has 1 aromatic rings. The van der Waals surface area contributed by atoms with Crippen LogP contribution in [0.4, 0.5) is 0 Å². The number of benzene rings is 1. The number of piperazine rings is 1. The minimum absolute atomic E-state index is 0.0679. The first-order valence-electron chi connectivity index (χ1n) is 7.13. The quantitative estimate of drug-likeness (QED) is 0.790. The lowest BCUT2D eigenvalue weighted by atomic mass is 10.2. The normalized spacial score (nSPS) is 15.8. The molecule has 1 aliphatic rings. The summed E-state index contributed by atoms with van der Waals surface area (Å²) < 4.78 is 5.46. The second kappa shape index (κ2) is 7.87. The van der Waals surface area contributed by atoms with Gasteiger partial charge >= 0.3 is 0 Å². The van der Waals surface area contributed by atoms with Gasteiger partial charge in [-0.1, -0.05) is 12.1 Å². The molecule has 0 spiro atoms. The highest BCUT2D eigenvalue weighted by Crippen LogP contribution is 2.11. The third-order valence-corrected chi connectivity index (χ3v) is 3.32.